The summed E-state index contributed by atoms with van der Waals surface area (Å²) in [5, 5.41) is 7.60. The molecule has 3 aromatic rings. The number of rotatable bonds is 4. The van der Waals surface area contributed by atoms with Crippen LogP contribution < -0.4 is 5.32 Å². The number of aryl methyl sites for hydroxylation is 1. The van der Waals surface area contributed by atoms with Crippen molar-refractivity contribution in [3.05, 3.63) is 77.6 Å². The van der Waals surface area contributed by atoms with Crippen LogP contribution in [0.15, 0.2) is 60.7 Å². The zero-order chi connectivity index (χ0) is 18.7. The number of hydrogen-bond donors (Lipinski definition) is 1. The number of carbonyl (C=O) groups excluding carboxylic acids is 1. The molecule has 134 valence electrons. The highest BCUT2D eigenvalue weighted by Crippen LogP contribution is 2.25. The minimum absolute atomic E-state index is 0.0269. The standard InChI is InChI=1S/C21H24N4O/c1-15-20(17(3)25(23-15)19-13-9-6-10-14-19)22-21(26)24(4)16(2)18-11-7-5-8-12-18/h5-14,16H,1-4H3,(H,22,26). The number of amides is 2. The largest absolute Gasteiger partial charge is 0.322 e. The smallest absolute Gasteiger partial charge is 0.321 e. The number of para-hydroxylation sites is 1. The Morgan fingerprint density at radius 1 is 1.04 bits per heavy atom. The van der Waals surface area contributed by atoms with Crippen molar-refractivity contribution in [2.24, 2.45) is 0 Å². The number of urea groups is 1. The zero-order valence-corrected chi connectivity index (χ0v) is 15.6. The van der Waals surface area contributed by atoms with Crippen LogP contribution in [0.2, 0.25) is 0 Å². The van der Waals surface area contributed by atoms with Crippen molar-refractivity contribution in [1.29, 1.82) is 0 Å². The van der Waals surface area contributed by atoms with E-state index in [2.05, 4.69) is 10.4 Å². The monoisotopic (exact) mass is 348 g/mol. The summed E-state index contributed by atoms with van der Waals surface area (Å²) in [5.74, 6) is 0. The van der Waals surface area contributed by atoms with Crippen molar-refractivity contribution >= 4 is 11.7 Å². The second-order valence-corrected chi connectivity index (χ2v) is 6.42. The Bertz CT molecular complexity index is 887. The topological polar surface area (TPSA) is 50.2 Å². The average Bonchev–Trinajstić information content (AvgIpc) is 2.96. The number of anilines is 1. The normalized spacial score (nSPS) is 11.8. The van der Waals surface area contributed by atoms with Gasteiger partial charge in [-0.15, -0.1) is 0 Å². The molecule has 0 bridgehead atoms. The van der Waals surface area contributed by atoms with Gasteiger partial charge in [-0.05, 0) is 38.5 Å². The Morgan fingerprint density at radius 3 is 2.23 bits per heavy atom. The molecule has 0 fully saturated rings. The summed E-state index contributed by atoms with van der Waals surface area (Å²) in [7, 11) is 1.80. The Kier molecular flexibility index (Phi) is 5.07. The van der Waals surface area contributed by atoms with Crippen molar-refractivity contribution < 1.29 is 4.79 Å². The van der Waals surface area contributed by atoms with E-state index in [9.17, 15) is 4.79 Å². The molecular formula is C21H24N4O. The van der Waals surface area contributed by atoms with Gasteiger partial charge in [0.15, 0.2) is 0 Å². The molecule has 0 aliphatic carbocycles. The van der Waals surface area contributed by atoms with Gasteiger partial charge in [-0.3, -0.25) is 0 Å². The van der Waals surface area contributed by atoms with E-state index in [4.69, 9.17) is 0 Å². The van der Waals surface area contributed by atoms with Gasteiger partial charge in [-0.25, -0.2) is 9.48 Å². The molecule has 2 aromatic carbocycles. The number of aromatic nitrogens is 2. The van der Waals surface area contributed by atoms with Gasteiger partial charge >= 0.3 is 6.03 Å². The van der Waals surface area contributed by atoms with Crippen LogP contribution in [0.25, 0.3) is 5.69 Å². The predicted molar refractivity (Wildman–Crippen MR) is 105 cm³/mol. The summed E-state index contributed by atoms with van der Waals surface area (Å²) in [5.41, 5.74) is 4.52. The molecule has 5 heteroatoms. The van der Waals surface area contributed by atoms with Gasteiger partial charge in [0, 0.05) is 7.05 Å². The molecule has 0 aliphatic rings. The fraction of sp³-hybridized carbons (Fsp3) is 0.238. The van der Waals surface area contributed by atoms with Crippen molar-refractivity contribution in [2.45, 2.75) is 26.8 Å². The minimum Gasteiger partial charge on any atom is -0.321 e. The highest BCUT2D eigenvalue weighted by atomic mass is 16.2. The van der Waals surface area contributed by atoms with E-state index in [0.717, 1.165) is 28.3 Å². The van der Waals surface area contributed by atoms with Gasteiger partial charge in [0.25, 0.3) is 0 Å². The molecule has 26 heavy (non-hydrogen) atoms. The first-order chi connectivity index (χ1) is 12.5. The van der Waals surface area contributed by atoms with E-state index in [1.807, 2.05) is 86.1 Å². The van der Waals surface area contributed by atoms with Crippen LogP contribution in [-0.4, -0.2) is 27.8 Å². The number of hydrogen-bond acceptors (Lipinski definition) is 2. The lowest BCUT2D eigenvalue weighted by Crippen LogP contribution is -2.33. The molecule has 1 heterocycles. The van der Waals surface area contributed by atoms with E-state index < -0.39 is 0 Å². The van der Waals surface area contributed by atoms with Crippen LogP contribution >= 0.6 is 0 Å². The lowest BCUT2D eigenvalue weighted by atomic mass is 10.1. The van der Waals surface area contributed by atoms with Gasteiger partial charge in [-0.2, -0.15) is 5.10 Å². The molecule has 0 spiro atoms. The average molecular weight is 348 g/mol. The first-order valence-electron chi connectivity index (χ1n) is 8.69. The number of benzene rings is 2. The summed E-state index contributed by atoms with van der Waals surface area (Å²) in [4.78, 5) is 14.5. The van der Waals surface area contributed by atoms with E-state index in [1.165, 1.54) is 0 Å². The third-order valence-corrected chi connectivity index (χ3v) is 4.71. The van der Waals surface area contributed by atoms with E-state index in [-0.39, 0.29) is 12.1 Å². The molecule has 1 N–H and O–H groups in total. The minimum atomic E-state index is -0.153. The van der Waals surface area contributed by atoms with Crippen LogP contribution in [0.1, 0.15) is 29.9 Å². The van der Waals surface area contributed by atoms with Crippen LogP contribution in [0.3, 0.4) is 0 Å². The maximum atomic E-state index is 12.8. The molecule has 0 saturated carbocycles. The third kappa shape index (κ3) is 3.47. The van der Waals surface area contributed by atoms with Crippen molar-refractivity contribution in [3.8, 4) is 5.69 Å². The number of nitrogens with one attached hydrogen (secondary N) is 1. The zero-order valence-electron chi connectivity index (χ0n) is 15.6. The quantitative estimate of drug-likeness (QED) is 0.742. The Morgan fingerprint density at radius 2 is 1.62 bits per heavy atom. The Labute approximate surface area is 154 Å². The lowest BCUT2D eigenvalue weighted by molar-refractivity contribution is 0.208. The van der Waals surface area contributed by atoms with Crippen LogP contribution in [0.5, 0.6) is 0 Å². The van der Waals surface area contributed by atoms with Crippen molar-refractivity contribution in [2.75, 3.05) is 12.4 Å². The summed E-state index contributed by atoms with van der Waals surface area (Å²) >= 11 is 0. The summed E-state index contributed by atoms with van der Waals surface area (Å²) in [6.07, 6.45) is 0. The highest BCUT2D eigenvalue weighted by molar-refractivity contribution is 5.90. The first kappa shape index (κ1) is 17.7. The van der Waals surface area contributed by atoms with Gasteiger partial charge in [0.2, 0.25) is 0 Å². The molecule has 0 radical (unpaired) electrons. The molecule has 1 aromatic heterocycles. The summed E-state index contributed by atoms with van der Waals surface area (Å²) < 4.78 is 1.85. The van der Waals surface area contributed by atoms with Gasteiger partial charge in [0.05, 0.1) is 28.8 Å². The number of nitrogens with zero attached hydrogens (tertiary/aromatic N) is 3. The molecular weight excluding hydrogens is 324 g/mol. The summed E-state index contributed by atoms with van der Waals surface area (Å²) in [6.45, 7) is 5.88. The van der Waals surface area contributed by atoms with E-state index in [1.54, 1.807) is 11.9 Å². The van der Waals surface area contributed by atoms with Gasteiger partial charge in [-0.1, -0.05) is 48.5 Å². The van der Waals surface area contributed by atoms with Crippen LogP contribution in [-0.2, 0) is 0 Å². The van der Waals surface area contributed by atoms with Crippen molar-refractivity contribution in [1.82, 2.24) is 14.7 Å². The molecule has 5 nitrogen and oxygen atoms in total. The summed E-state index contributed by atoms with van der Waals surface area (Å²) in [6, 6.07) is 19.7. The second kappa shape index (κ2) is 7.44. The molecule has 3 rings (SSSR count). The molecule has 2 amide bonds. The van der Waals surface area contributed by atoms with Crippen LogP contribution in [0.4, 0.5) is 10.5 Å². The highest BCUT2D eigenvalue weighted by Gasteiger charge is 2.21. The molecule has 0 aliphatic heterocycles. The number of carbonyl (C=O) groups is 1. The molecule has 1 atom stereocenters. The second-order valence-electron chi connectivity index (χ2n) is 6.42. The first-order valence-corrected chi connectivity index (χ1v) is 8.69. The van der Waals surface area contributed by atoms with E-state index in [0.29, 0.717) is 0 Å². The fourth-order valence-corrected chi connectivity index (χ4v) is 2.97. The SMILES string of the molecule is Cc1nn(-c2ccccc2)c(C)c1NC(=O)N(C)C(C)c1ccccc1. The third-order valence-electron chi connectivity index (χ3n) is 4.71. The fourth-order valence-electron chi connectivity index (χ4n) is 2.97. The lowest BCUT2D eigenvalue weighted by Gasteiger charge is -2.25. The van der Waals surface area contributed by atoms with E-state index >= 15 is 0 Å². The predicted octanol–water partition coefficient (Wildman–Crippen LogP) is 4.71. The maximum absolute atomic E-state index is 12.8. The molecule has 0 saturated heterocycles. The van der Waals surface area contributed by atoms with Gasteiger partial charge in [0.1, 0.15) is 0 Å². The molecule has 1 unspecified atom stereocenters. The van der Waals surface area contributed by atoms with Gasteiger partial charge < -0.3 is 10.2 Å². The van der Waals surface area contributed by atoms with Crippen LogP contribution in [0, 0.1) is 13.8 Å². The Hall–Kier alpha value is -3.08. The Balaban J connectivity index is 1.80. The van der Waals surface area contributed by atoms with Crippen molar-refractivity contribution in [3.63, 3.8) is 0 Å². The maximum Gasteiger partial charge on any atom is 0.322 e.